The highest BCUT2D eigenvalue weighted by Crippen LogP contribution is 2.52. The predicted octanol–water partition coefficient (Wildman–Crippen LogP) is 6.97. The van der Waals surface area contributed by atoms with Gasteiger partial charge in [0.25, 0.3) is 0 Å². The molecule has 29 heavy (non-hydrogen) atoms. The molecular weight excluding hydrogens is 358 g/mol. The quantitative estimate of drug-likeness (QED) is 0.382. The molecule has 158 valence electrons. The van der Waals surface area contributed by atoms with Gasteiger partial charge in [-0.25, -0.2) is 5.53 Å². The van der Waals surface area contributed by atoms with Crippen LogP contribution in [0.2, 0.25) is 0 Å². The molecule has 0 bridgehead atoms. The fourth-order valence-corrected chi connectivity index (χ4v) is 4.70. The zero-order valence-electron chi connectivity index (χ0n) is 19.1. The fourth-order valence-electron chi connectivity index (χ4n) is 4.70. The van der Waals surface area contributed by atoms with Gasteiger partial charge in [-0.2, -0.15) is 5.11 Å². The zero-order valence-corrected chi connectivity index (χ0v) is 19.1. The van der Waals surface area contributed by atoms with Gasteiger partial charge < -0.3 is 9.64 Å². The highest BCUT2D eigenvalue weighted by atomic mass is 16.6. The second-order valence-electron chi connectivity index (χ2n) is 9.22. The van der Waals surface area contributed by atoms with Crippen molar-refractivity contribution in [3.63, 3.8) is 0 Å². The average molecular weight is 396 g/mol. The Hall–Kier alpha value is -1.94. The molecule has 1 N–H and O–H groups in total. The smallest absolute Gasteiger partial charge is 0.121 e. The van der Waals surface area contributed by atoms with Crippen molar-refractivity contribution in [1.29, 1.82) is 5.53 Å². The summed E-state index contributed by atoms with van der Waals surface area (Å²) in [6.07, 6.45) is 9.43. The van der Waals surface area contributed by atoms with Gasteiger partial charge in [-0.3, -0.25) is 0 Å². The summed E-state index contributed by atoms with van der Waals surface area (Å²) in [6, 6.07) is 6.50. The molecule has 0 amide bonds. The number of aryl methyl sites for hydroxylation is 1. The molecule has 1 fully saturated rings. The van der Waals surface area contributed by atoms with Crippen LogP contribution in [0.5, 0.6) is 0 Å². The number of ether oxygens (including phenoxy) is 1. The summed E-state index contributed by atoms with van der Waals surface area (Å²) in [5.74, 6) is 0.373. The van der Waals surface area contributed by atoms with Gasteiger partial charge in [0.1, 0.15) is 11.7 Å². The lowest BCUT2D eigenvalue weighted by atomic mass is 9.73. The lowest BCUT2D eigenvalue weighted by molar-refractivity contribution is 0.280. The van der Waals surface area contributed by atoms with Crippen molar-refractivity contribution in [3.8, 4) is 0 Å². The summed E-state index contributed by atoms with van der Waals surface area (Å²) in [6.45, 7) is 16.6. The minimum absolute atomic E-state index is 0.174. The van der Waals surface area contributed by atoms with Crippen LogP contribution in [-0.2, 0) is 4.74 Å². The molecule has 1 saturated heterocycles. The molecule has 1 aromatic carbocycles. The van der Waals surface area contributed by atoms with Crippen LogP contribution in [0.1, 0.15) is 59.9 Å². The van der Waals surface area contributed by atoms with Crippen LogP contribution in [0.4, 0.5) is 11.4 Å². The molecule has 4 atom stereocenters. The number of allylic oxidation sites excluding steroid dienone is 2. The van der Waals surface area contributed by atoms with Crippen molar-refractivity contribution >= 4 is 11.4 Å². The van der Waals surface area contributed by atoms with Gasteiger partial charge in [0.2, 0.25) is 0 Å². The first-order chi connectivity index (χ1) is 13.7. The standard InChI is InChI=1S/C25H37N3O/c1-8-22(28(10-3)20-11-12-21(27-26)17(4)15-20)23-25(29-23)14-13-19(16-18(25)5)24(6,7)9-2/h11-16,18,22-23,26H,8-10H2,1-7H3. The lowest BCUT2D eigenvalue weighted by Crippen LogP contribution is -2.42. The minimum atomic E-state index is -0.174. The molecule has 4 unspecified atom stereocenters. The summed E-state index contributed by atoms with van der Waals surface area (Å²) >= 11 is 0. The maximum atomic E-state index is 7.31. The summed E-state index contributed by atoms with van der Waals surface area (Å²) in [5.41, 5.74) is 11.7. The Morgan fingerprint density at radius 2 is 2.00 bits per heavy atom. The SMILES string of the molecule is CCC(C1OC12C=CC(C(C)(C)CC)=CC2C)N(CC)c1ccc(N=N)c(C)c1. The Labute approximate surface area is 176 Å². The summed E-state index contributed by atoms with van der Waals surface area (Å²) in [4.78, 5) is 2.45. The van der Waals surface area contributed by atoms with Crippen molar-refractivity contribution in [2.24, 2.45) is 16.4 Å². The van der Waals surface area contributed by atoms with E-state index in [2.05, 4.69) is 81.9 Å². The minimum Gasteiger partial charge on any atom is -0.366 e. The first kappa shape index (κ1) is 21.8. The van der Waals surface area contributed by atoms with Crippen molar-refractivity contribution in [2.45, 2.75) is 79.1 Å². The lowest BCUT2D eigenvalue weighted by Gasteiger charge is -2.34. The molecule has 0 radical (unpaired) electrons. The number of hydrogen-bond donors (Lipinski definition) is 1. The molecule has 4 nitrogen and oxygen atoms in total. The second-order valence-corrected chi connectivity index (χ2v) is 9.22. The summed E-state index contributed by atoms with van der Waals surface area (Å²) in [5, 5.41) is 3.61. The highest BCUT2D eigenvalue weighted by molar-refractivity contribution is 5.58. The Bertz CT molecular complexity index is 825. The molecule has 1 aliphatic heterocycles. The van der Waals surface area contributed by atoms with E-state index < -0.39 is 0 Å². The van der Waals surface area contributed by atoms with Crippen LogP contribution >= 0.6 is 0 Å². The van der Waals surface area contributed by atoms with E-state index in [0.29, 0.717) is 12.0 Å². The molecule has 1 heterocycles. The summed E-state index contributed by atoms with van der Waals surface area (Å²) in [7, 11) is 0. The van der Waals surface area contributed by atoms with Gasteiger partial charge in [-0.15, -0.1) is 0 Å². The third kappa shape index (κ3) is 3.79. The van der Waals surface area contributed by atoms with Crippen molar-refractivity contribution in [2.75, 3.05) is 11.4 Å². The van der Waals surface area contributed by atoms with E-state index in [4.69, 9.17) is 10.3 Å². The molecule has 1 spiro atoms. The number of benzene rings is 1. The Morgan fingerprint density at radius 1 is 1.28 bits per heavy atom. The number of rotatable bonds is 8. The highest BCUT2D eigenvalue weighted by Gasteiger charge is 2.62. The van der Waals surface area contributed by atoms with Gasteiger partial charge >= 0.3 is 0 Å². The molecule has 0 saturated carbocycles. The third-order valence-corrected chi connectivity index (χ3v) is 7.19. The zero-order chi connectivity index (χ0) is 21.4. The maximum absolute atomic E-state index is 7.31. The molecule has 3 rings (SSSR count). The molecule has 1 aliphatic carbocycles. The number of anilines is 1. The van der Waals surface area contributed by atoms with Crippen LogP contribution in [0.15, 0.2) is 47.1 Å². The average Bonchev–Trinajstić information content (AvgIpc) is 3.42. The predicted molar refractivity (Wildman–Crippen MR) is 121 cm³/mol. The fraction of sp³-hybridized carbons (Fsp3) is 0.600. The third-order valence-electron chi connectivity index (χ3n) is 7.19. The van der Waals surface area contributed by atoms with E-state index in [0.717, 1.165) is 30.6 Å². The van der Waals surface area contributed by atoms with Crippen LogP contribution < -0.4 is 4.90 Å². The maximum Gasteiger partial charge on any atom is 0.121 e. The van der Waals surface area contributed by atoms with E-state index in [1.807, 2.05) is 13.0 Å². The second kappa shape index (κ2) is 8.06. The van der Waals surface area contributed by atoms with Crippen molar-refractivity contribution in [3.05, 3.63) is 47.6 Å². The number of nitrogens with one attached hydrogen (secondary N) is 1. The van der Waals surface area contributed by atoms with Gasteiger partial charge in [-0.1, -0.05) is 46.8 Å². The monoisotopic (exact) mass is 395 g/mol. The first-order valence-corrected chi connectivity index (χ1v) is 11.1. The molecule has 2 aliphatic rings. The van der Waals surface area contributed by atoms with E-state index in [1.54, 1.807) is 0 Å². The van der Waals surface area contributed by atoms with Crippen LogP contribution in [0, 0.1) is 23.8 Å². The molecule has 4 heteroatoms. The van der Waals surface area contributed by atoms with Crippen LogP contribution in [-0.4, -0.2) is 24.3 Å². The topological polar surface area (TPSA) is 52.0 Å². The van der Waals surface area contributed by atoms with E-state index >= 15 is 0 Å². The number of hydrogen-bond acceptors (Lipinski definition) is 4. The van der Waals surface area contributed by atoms with Crippen molar-refractivity contribution in [1.82, 2.24) is 0 Å². The molecular formula is C25H37N3O. The number of epoxide rings is 1. The van der Waals surface area contributed by atoms with E-state index in [1.165, 1.54) is 11.3 Å². The number of nitrogens with zero attached hydrogens (tertiary/aromatic N) is 2. The van der Waals surface area contributed by atoms with Gasteiger partial charge in [0, 0.05) is 18.2 Å². The van der Waals surface area contributed by atoms with Gasteiger partial charge in [-0.05, 0) is 67.5 Å². The largest absolute Gasteiger partial charge is 0.366 e. The van der Waals surface area contributed by atoms with Crippen molar-refractivity contribution < 1.29 is 4.74 Å². The Balaban J connectivity index is 1.84. The Morgan fingerprint density at radius 3 is 2.52 bits per heavy atom. The van der Waals surface area contributed by atoms with E-state index in [-0.39, 0.29) is 17.1 Å². The molecule has 1 aromatic rings. The molecule has 0 aromatic heterocycles. The number of likely N-dealkylation sites (N-methyl/N-ethyl adjacent to an activating group) is 1. The van der Waals surface area contributed by atoms with Crippen LogP contribution in [0.3, 0.4) is 0 Å². The van der Waals surface area contributed by atoms with Crippen LogP contribution in [0.25, 0.3) is 0 Å². The van der Waals surface area contributed by atoms with E-state index in [9.17, 15) is 0 Å². The van der Waals surface area contributed by atoms with Gasteiger partial charge in [0.15, 0.2) is 0 Å². The normalized spacial score (nSPS) is 26.9. The van der Waals surface area contributed by atoms with Gasteiger partial charge in [0.05, 0.1) is 11.7 Å². The summed E-state index contributed by atoms with van der Waals surface area (Å²) < 4.78 is 6.46. The first-order valence-electron chi connectivity index (χ1n) is 11.1. The Kier molecular flexibility index (Phi) is 6.05.